The third-order valence-corrected chi connectivity index (χ3v) is 10.4. The number of carbonyl (C=O) groups is 4. The van der Waals surface area contributed by atoms with Crippen LogP contribution in [0.25, 0.3) is 0 Å². The van der Waals surface area contributed by atoms with Crippen LogP contribution in [0.1, 0.15) is 91.2 Å². The Bertz CT molecular complexity index is 1420. The fourth-order valence-electron chi connectivity index (χ4n) is 8.37. The topological polar surface area (TPSA) is 112 Å². The van der Waals surface area contributed by atoms with Gasteiger partial charge in [-0.05, 0) is 25.0 Å². The number of carbonyl (C=O) groups excluding carboxylic acids is 4. The summed E-state index contributed by atoms with van der Waals surface area (Å²) in [5, 5.41) is 0. The van der Waals surface area contributed by atoms with Crippen LogP contribution >= 0.6 is 0 Å². The molecule has 0 unspecified atom stereocenters. The average molecular weight is 663 g/mol. The Kier molecular flexibility index (Phi) is 9.33. The second-order valence-electron chi connectivity index (χ2n) is 15.5. The van der Waals surface area contributed by atoms with Crippen molar-refractivity contribution in [1.82, 2.24) is 9.80 Å². The van der Waals surface area contributed by atoms with E-state index in [1.807, 2.05) is 116 Å². The van der Waals surface area contributed by atoms with Crippen LogP contribution < -0.4 is 0 Å². The predicted molar refractivity (Wildman–Crippen MR) is 178 cm³/mol. The maximum Gasteiger partial charge on any atom is 0.335 e. The van der Waals surface area contributed by atoms with Crippen LogP contribution in [0.15, 0.2) is 60.7 Å². The molecule has 6 rings (SSSR count). The van der Waals surface area contributed by atoms with Gasteiger partial charge in [0.05, 0.1) is 26.4 Å². The molecule has 0 N–H and O–H groups in total. The van der Waals surface area contributed by atoms with E-state index in [0.717, 1.165) is 11.1 Å². The molecule has 0 bridgehead atoms. The summed E-state index contributed by atoms with van der Waals surface area (Å²) in [5.41, 5.74) is -0.889. The highest BCUT2D eigenvalue weighted by molar-refractivity contribution is 5.96. The molecule has 4 saturated heterocycles. The standard InChI is InChI=1S/2C19H25NO4/c2*1-12-19(17(22)23-5)14(13-9-7-6-8-10-13)11-15(21)20(19)16(24-12)18(2,3)4/h2*6-10,12,14,16H,11H2,1-5H3/t2*12-,14+,16+,19+/m00/s1. The van der Waals surface area contributed by atoms with E-state index >= 15 is 0 Å². The van der Waals surface area contributed by atoms with E-state index < -0.39 is 47.7 Å². The van der Waals surface area contributed by atoms with Crippen LogP contribution in [0.5, 0.6) is 0 Å². The van der Waals surface area contributed by atoms with Crippen LogP contribution in [0.4, 0.5) is 0 Å². The molecular formula is C38H50N2O8. The quantitative estimate of drug-likeness (QED) is 0.400. The molecule has 4 aliphatic rings. The number of esters is 2. The number of ether oxygens (including phenoxy) is 4. The number of benzene rings is 2. The van der Waals surface area contributed by atoms with Gasteiger partial charge in [-0.2, -0.15) is 0 Å². The Morgan fingerprint density at radius 3 is 1.23 bits per heavy atom. The zero-order valence-corrected chi connectivity index (χ0v) is 29.8. The zero-order valence-electron chi connectivity index (χ0n) is 29.8. The first kappa shape index (κ1) is 35.5. The van der Waals surface area contributed by atoms with Crippen molar-refractivity contribution in [2.75, 3.05) is 14.2 Å². The van der Waals surface area contributed by atoms with Crippen LogP contribution in [-0.2, 0) is 38.1 Å². The van der Waals surface area contributed by atoms with E-state index in [4.69, 9.17) is 18.9 Å². The highest BCUT2D eigenvalue weighted by atomic mass is 16.6. The lowest BCUT2D eigenvalue weighted by atomic mass is 9.76. The van der Waals surface area contributed by atoms with Crippen molar-refractivity contribution in [3.05, 3.63) is 71.8 Å². The van der Waals surface area contributed by atoms with Crippen LogP contribution in [0, 0.1) is 10.8 Å². The number of fused-ring (bicyclic) bond motifs is 2. The van der Waals surface area contributed by atoms with Crippen LogP contribution in [0.3, 0.4) is 0 Å². The van der Waals surface area contributed by atoms with Gasteiger partial charge in [-0.25, -0.2) is 9.59 Å². The van der Waals surface area contributed by atoms with Gasteiger partial charge in [-0.3, -0.25) is 19.4 Å². The lowest BCUT2D eigenvalue weighted by Gasteiger charge is -2.39. The van der Waals surface area contributed by atoms with Crippen molar-refractivity contribution in [2.24, 2.45) is 10.8 Å². The van der Waals surface area contributed by atoms with E-state index in [1.165, 1.54) is 14.2 Å². The molecule has 48 heavy (non-hydrogen) atoms. The molecule has 0 spiro atoms. The molecule has 0 radical (unpaired) electrons. The van der Waals surface area contributed by atoms with E-state index in [9.17, 15) is 19.2 Å². The van der Waals surface area contributed by atoms with Crippen molar-refractivity contribution >= 4 is 23.8 Å². The van der Waals surface area contributed by atoms with Crippen molar-refractivity contribution in [3.63, 3.8) is 0 Å². The van der Waals surface area contributed by atoms with Gasteiger partial charge in [0.1, 0.15) is 12.5 Å². The minimum absolute atomic E-state index is 0.0569. The van der Waals surface area contributed by atoms with Crippen molar-refractivity contribution in [1.29, 1.82) is 0 Å². The summed E-state index contributed by atoms with van der Waals surface area (Å²) in [6, 6.07) is 19.4. The molecule has 260 valence electrons. The van der Waals surface area contributed by atoms with Gasteiger partial charge < -0.3 is 18.9 Å². The molecule has 0 aromatic heterocycles. The Morgan fingerprint density at radius 2 is 0.958 bits per heavy atom. The molecule has 10 nitrogen and oxygen atoms in total. The first-order valence-electron chi connectivity index (χ1n) is 16.7. The maximum atomic E-state index is 12.9. The second-order valence-corrected chi connectivity index (χ2v) is 15.5. The molecular weight excluding hydrogens is 612 g/mol. The number of amides is 2. The van der Waals surface area contributed by atoms with Crippen LogP contribution in [-0.4, -0.2) is 83.5 Å². The van der Waals surface area contributed by atoms with Crippen molar-refractivity contribution in [3.8, 4) is 0 Å². The van der Waals surface area contributed by atoms with Gasteiger partial charge in [0.25, 0.3) is 0 Å². The largest absolute Gasteiger partial charge is 0.467 e. The first-order chi connectivity index (χ1) is 22.5. The van der Waals surface area contributed by atoms with Gasteiger partial charge in [0.2, 0.25) is 11.8 Å². The molecule has 2 amide bonds. The van der Waals surface area contributed by atoms with Crippen molar-refractivity contribution in [2.45, 2.75) is 116 Å². The number of hydrogen-bond donors (Lipinski definition) is 0. The molecule has 0 aliphatic carbocycles. The number of rotatable bonds is 4. The molecule has 4 heterocycles. The van der Waals surface area contributed by atoms with E-state index in [1.54, 1.807) is 9.80 Å². The monoisotopic (exact) mass is 662 g/mol. The molecule has 0 saturated carbocycles. The average Bonchev–Trinajstić information content (AvgIpc) is 3.74. The zero-order chi connectivity index (χ0) is 35.4. The smallest absolute Gasteiger partial charge is 0.335 e. The SMILES string of the molecule is COC(=O)[C@]12[C@H](C)O[C@H](C(C)(C)C)N1C(=O)C[C@@H]2c1ccccc1.COC(=O)[C@]12[C@H](C)O[C@H](C(C)(C)C)N1C(=O)C[C@@H]2c1ccccc1. The van der Waals surface area contributed by atoms with Crippen LogP contribution in [0.2, 0.25) is 0 Å². The van der Waals surface area contributed by atoms with Crippen molar-refractivity contribution < 1.29 is 38.1 Å². The summed E-state index contributed by atoms with van der Waals surface area (Å²) >= 11 is 0. The molecule has 10 heteroatoms. The lowest BCUT2D eigenvalue weighted by molar-refractivity contribution is -0.159. The Balaban J connectivity index is 0.000000188. The summed E-state index contributed by atoms with van der Waals surface area (Å²) in [4.78, 5) is 55.0. The number of hydrogen-bond acceptors (Lipinski definition) is 8. The van der Waals surface area contributed by atoms with Gasteiger partial charge in [0.15, 0.2) is 11.1 Å². The minimum atomic E-state index is -1.11. The Labute approximate surface area is 284 Å². The fraction of sp³-hybridized carbons (Fsp3) is 0.579. The summed E-state index contributed by atoms with van der Waals surface area (Å²) in [7, 11) is 2.74. The molecule has 8 atom stereocenters. The third-order valence-electron chi connectivity index (χ3n) is 10.4. The number of nitrogens with zero attached hydrogens (tertiary/aromatic N) is 2. The second kappa shape index (κ2) is 12.6. The maximum absolute atomic E-state index is 12.9. The van der Waals surface area contributed by atoms with Gasteiger partial charge in [-0.1, -0.05) is 102 Å². The summed E-state index contributed by atoms with van der Waals surface area (Å²) in [5.74, 6) is -1.47. The van der Waals surface area contributed by atoms with Gasteiger partial charge >= 0.3 is 11.9 Å². The molecule has 2 aromatic rings. The highest BCUT2D eigenvalue weighted by Gasteiger charge is 2.71. The van der Waals surface area contributed by atoms with Gasteiger partial charge in [-0.15, -0.1) is 0 Å². The summed E-state index contributed by atoms with van der Waals surface area (Å²) in [6.45, 7) is 15.8. The highest BCUT2D eigenvalue weighted by Crippen LogP contribution is 2.56. The van der Waals surface area contributed by atoms with E-state index in [0.29, 0.717) is 12.8 Å². The molecule has 4 fully saturated rings. The number of methoxy groups -OCH3 is 2. The summed E-state index contributed by atoms with van der Waals surface area (Å²) < 4.78 is 22.6. The van der Waals surface area contributed by atoms with E-state index in [2.05, 4.69) is 0 Å². The summed E-state index contributed by atoms with van der Waals surface area (Å²) in [6.07, 6.45) is -1.20. The molecule has 2 aromatic carbocycles. The predicted octanol–water partition coefficient (Wildman–Crippen LogP) is 5.41. The third kappa shape index (κ3) is 5.32. The Hall–Kier alpha value is -3.76. The minimum Gasteiger partial charge on any atom is -0.467 e. The molecule has 4 aliphatic heterocycles. The normalized spacial score (nSPS) is 32.8. The Morgan fingerprint density at radius 1 is 0.646 bits per heavy atom. The van der Waals surface area contributed by atoms with E-state index in [-0.39, 0.29) is 34.5 Å². The van der Waals surface area contributed by atoms with Gasteiger partial charge in [0, 0.05) is 35.5 Å². The first-order valence-corrected chi connectivity index (χ1v) is 16.7. The lowest BCUT2D eigenvalue weighted by Crippen LogP contribution is -2.59. The fourth-order valence-corrected chi connectivity index (χ4v) is 8.37.